The van der Waals surface area contributed by atoms with Crippen molar-refractivity contribution < 1.29 is 8.78 Å². The van der Waals surface area contributed by atoms with Gasteiger partial charge in [0, 0.05) is 37.9 Å². The van der Waals surface area contributed by atoms with Crippen LogP contribution in [-0.2, 0) is 6.54 Å². The second-order valence-electron chi connectivity index (χ2n) is 9.21. The summed E-state index contributed by atoms with van der Waals surface area (Å²) in [5, 5.41) is 8.29. The Bertz CT molecular complexity index is 1170. The van der Waals surface area contributed by atoms with E-state index in [4.69, 9.17) is 10.1 Å². The second-order valence-corrected chi connectivity index (χ2v) is 9.21. The fraction of sp³-hybridized carbons (Fsp3) is 0.478. The molecule has 1 saturated carbocycles. The van der Waals surface area contributed by atoms with E-state index in [0.29, 0.717) is 29.3 Å². The van der Waals surface area contributed by atoms with E-state index in [-0.39, 0.29) is 17.7 Å². The van der Waals surface area contributed by atoms with Gasteiger partial charge in [0.1, 0.15) is 12.1 Å². The van der Waals surface area contributed by atoms with Crippen molar-refractivity contribution in [3.8, 4) is 0 Å². The first-order valence-corrected chi connectivity index (χ1v) is 11.5. The molecule has 6 rings (SSSR count). The first-order valence-electron chi connectivity index (χ1n) is 11.5. The van der Waals surface area contributed by atoms with Gasteiger partial charge in [-0.25, -0.2) is 23.4 Å². The molecule has 0 spiro atoms. The van der Waals surface area contributed by atoms with E-state index in [9.17, 15) is 8.78 Å². The van der Waals surface area contributed by atoms with Crippen LogP contribution < -0.4 is 15.1 Å². The Morgan fingerprint density at radius 2 is 1.88 bits per heavy atom. The summed E-state index contributed by atoms with van der Waals surface area (Å²) in [5.74, 6) is 1.87. The van der Waals surface area contributed by atoms with Gasteiger partial charge >= 0.3 is 0 Å². The maximum Gasteiger partial charge on any atom is 0.244 e. The molecule has 3 aromatic rings. The van der Waals surface area contributed by atoms with Crippen molar-refractivity contribution in [3.05, 3.63) is 47.9 Å². The number of hydrogen-bond acceptors (Lipinski definition) is 7. The Morgan fingerprint density at radius 1 is 1.06 bits per heavy atom. The predicted molar refractivity (Wildman–Crippen MR) is 121 cm³/mol. The van der Waals surface area contributed by atoms with Gasteiger partial charge in [0.05, 0.1) is 5.69 Å². The van der Waals surface area contributed by atoms with Crippen LogP contribution in [0.15, 0.2) is 30.6 Å². The number of piperidine rings is 1. The van der Waals surface area contributed by atoms with Crippen LogP contribution in [0.4, 0.5) is 32.2 Å². The standard InChI is InChI=1S/C23H26F2N8/c1-14-19(25)21(27-13-26-14)31-11-15-6-7-16(12-31)20(15)28-22-29-23-32(8-3-9-33(23)30-22)18-5-2-4-17(24)10-18/h2,4-5,10,13,15-16,20H,3,6-9,11-12H2,1H3,(H,28,30)/t15-,16?,20-/m0/s1. The third-order valence-corrected chi connectivity index (χ3v) is 7.14. The molecule has 1 saturated heterocycles. The Hall–Kier alpha value is -3.30. The van der Waals surface area contributed by atoms with Gasteiger partial charge in [-0.3, -0.25) is 0 Å². The molecule has 4 heterocycles. The lowest BCUT2D eigenvalue weighted by Gasteiger charge is -2.38. The first kappa shape index (κ1) is 20.3. The minimum Gasteiger partial charge on any atom is -0.353 e. The fourth-order valence-corrected chi connectivity index (χ4v) is 5.56. The van der Waals surface area contributed by atoms with Gasteiger partial charge in [0.25, 0.3) is 0 Å². The molecule has 172 valence electrons. The lowest BCUT2D eigenvalue weighted by molar-refractivity contribution is 0.371. The Labute approximate surface area is 190 Å². The van der Waals surface area contributed by atoms with Crippen molar-refractivity contribution in [2.45, 2.75) is 38.8 Å². The van der Waals surface area contributed by atoms with Crippen LogP contribution in [0.25, 0.3) is 0 Å². The molecule has 1 aliphatic carbocycles. The summed E-state index contributed by atoms with van der Waals surface area (Å²) < 4.78 is 30.3. The Kier molecular flexibility index (Phi) is 4.88. The maximum atomic E-state index is 14.6. The molecule has 1 N–H and O–H groups in total. The van der Waals surface area contributed by atoms with Crippen LogP contribution in [-0.4, -0.2) is 50.4 Å². The molecule has 3 atom stereocenters. The monoisotopic (exact) mass is 452 g/mol. The van der Waals surface area contributed by atoms with Gasteiger partial charge < -0.3 is 15.1 Å². The SMILES string of the molecule is Cc1ncnc(N2CC3CC[C@@H](C2)[C@@H]3Nc2nc3n(n2)CCCN3c2cccc(F)c2)c1F. The highest BCUT2D eigenvalue weighted by molar-refractivity contribution is 5.59. The molecular weight excluding hydrogens is 426 g/mol. The highest BCUT2D eigenvalue weighted by atomic mass is 19.1. The fourth-order valence-electron chi connectivity index (χ4n) is 5.56. The van der Waals surface area contributed by atoms with Crippen molar-refractivity contribution in [2.75, 3.05) is 34.8 Å². The van der Waals surface area contributed by atoms with Gasteiger partial charge in [0.2, 0.25) is 11.9 Å². The number of aryl methyl sites for hydroxylation is 2. The molecule has 2 bridgehead atoms. The third kappa shape index (κ3) is 3.57. The summed E-state index contributed by atoms with van der Waals surface area (Å²) in [6.45, 7) is 4.71. The van der Waals surface area contributed by atoms with E-state index in [2.05, 4.69) is 20.2 Å². The molecule has 33 heavy (non-hydrogen) atoms. The van der Waals surface area contributed by atoms with Crippen LogP contribution in [0, 0.1) is 30.4 Å². The second kappa shape index (κ2) is 7.93. The number of fused-ring (bicyclic) bond motifs is 3. The zero-order valence-corrected chi connectivity index (χ0v) is 18.5. The smallest absolute Gasteiger partial charge is 0.244 e. The first-order chi connectivity index (χ1) is 16.1. The summed E-state index contributed by atoms with van der Waals surface area (Å²) in [6, 6.07) is 6.82. The number of anilines is 4. The van der Waals surface area contributed by atoms with E-state index in [0.717, 1.165) is 57.1 Å². The number of benzene rings is 1. The molecular formula is C23H26F2N8. The van der Waals surface area contributed by atoms with Gasteiger partial charge in [0.15, 0.2) is 11.6 Å². The number of aromatic nitrogens is 5. The normalized spacial score (nSPS) is 24.2. The minimum absolute atomic E-state index is 0.235. The van der Waals surface area contributed by atoms with Crippen molar-refractivity contribution in [1.82, 2.24) is 24.7 Å². The molecule has 8 nitrogen and oxygen atoms in total. The van der Waals surface area contributed by atoms with E-state index < -0.39 is 0 Å². The molecule has 0 amide bonds. The van der Waals surface area contributed by atoms with Crippen LogP contribution in [0.2, 0.25) is 0 Å². The van der Waals surface area contributed by atoms with Gasteiger partial charge in [-0.1, -0.05) is 6.07 Å². The molecule has 2 aromatic heterocycles. The summed E-state index contributed by atoms with van der Waals surface area (Å²) in [7, 11) is 0. The topological polar surface area (TPSA) is 75.0 Å². The van der Waals surface area contributed by atoms with Crippen molar-refractivity contribution in [2.24, 2.45) is 11.8 Å². The van der Waals surface area contributed by atoms with E-state index in [1.165, 1.54) is 18.5 Å². The number of halogens is 2. The molecule has 2 fully saturated rings. The number of hydrogen-bond donors (Lipinski definition) is 1. The minimum atomic E-state index is -0.329. The highest BCUT2D eigenvalue weighted by Gasteiger charge is 2.43. The zero-order chi connectivity index (χ0) is 22.5. The summed E-state index contributed by atoms with van der Waals surface area (Å²) in [5.41, 5.74) is 1.16. The van der Waals surface area contributed by atoms with E-state index in [1.54, 1.807) is 13.0 Å². The molecule has 10 heteroatoms. The third-order valence-electron chi connectivity index (χ3n) is 7.14. The van der Waals surface area contributed by atoms with Crippen LogP contribution in [0.3, 0.4) is 0 Å². The average Bonchev–Trinajstić information content (AvgIpc) is 3.31. The van der Waals surface area contributed by atoms with Crippen LogP contribution in [0.1, 0.15) is 25.0 Å². The highest BCUT2D eigenvalue weighted by Crippen LogP contribution is 2.40. The summed E-state index contributed by atoms with van der Waals surface area (Å²) in [6.07, 6.45) is 4.50. The predicted octanol–water partition coefficient (Wildman–Crippen LogP) is 3.52. The van der Waals surface area contributed by atoms with Gasteiger partial charge in [-0.2, -0.15) is 4.98 Å². The van der Waals surface area contributed by atoms with Crippen LogP contribution >= 0.6 is 0 Å². The number of nitrogens with zero attached hydrogens (tertiary/aromatic N) is 7. The van der Waals surface area contributed by atoms with Crippen molar-refractivity contribution in [3.63, 3.8) is 0 Å². The number of nitrogens with one attached hydrogen (secondary N) is 1. The molecule has 1 aromatic carbocycles. The molecule has 1 unspecified atom stereocenters. The van der Waals surface area contributed by atoms with E-state index >= 15 is 0 Å². The largest absolute Gasteiger partial charge is 0.353 e. The van der Waals surface area contributed by atoms with Crippen molar-refractivity contribution in [1.29, 1.82) is 0 Å². The lowest BCUT2D eigenvalue weighted by Crippen LogP contribution is -2.48. The molecule has 3 aliphatic rings. The van der Waals surface area contributed by atoms with Crippen LogP contribution in [0.5, 0.6) is 0 Å². The van der Waals surface area contributed by atoms with Gasteiger partial charge in [-0.15, -0.1) is 5.10 Å². The van der Waals surface area contributed by atoms with Gasteiger partial charge in [-0.05, 0) is 56.2 Å². The zero-order valence-electron chi connectivity index (χ0n) is 18.5. The summed E-state index contributed by atoms with van der Waals surface area (Å²) in [4.78, 5) is 17.0. The quantitative estimate of drug-likeness (QED) is 0.649. The molecule has 0 radical (unpaired) electrons. The average molecular weight is 453 g/mol. The number of rotatable bonds is 4. The Morgan fingerprint density at radius 3 is 2.67 bits per heavy atom. The van der Waals surface area contributed by atoms with Crippen molar-refractivity contribution >= 4 is 23.4 Å². The lowest BCUT2D eigenvalue weighted by atomic mass is 9.92. The van der Waals surface area contributed by atoms with E-state index in [1.807, 2.05) is 15.6 Å². The molecule has 2 aliphatic heterocycles. The summed E-state index contributed by atoms with van der Waals surface area (Å²) >= 11 is 0. The Balaban J connectivity index is 1.21. The maximum absolute atomic E-state index is 14.6.